The fourth-order valence-electron chi connectivity index (χ4n) is 1.28. The molecule has 0 aliphatic heterocycles. The van der Waals surface area contributed by atoms with Gasteiger partial charge >= 0.3 is 0 Å². The molecule has 0 aliphatic carbocycles. The largest absolute Gasteiger partial charge is 0.382 e. The van der Waals surface area contributed by atoms with Crippen LogP contribution < -0.4 is 16.6 Å². The summed E-state index contributed by atoms with van der Waals surface area (Å²) in [5, 5.41) is 7.26. The zero-order valence-electron chi connectivity index (χ0n) is 9.37. The molecule has 0 radical (unpaired) electrons. The second kappa shape index (κ2) is 6.50. The summed E-state index contributed by atoms with van der Waals surface area (Å²) in [6.45, 7) is 3.86. The summed E-state index contributed by atoms with van der Waals surface area (Å²) in [5.74, 6) is 0. The summed E-state index contributed by atoms with van der Waals surface area (Å²) in [7, 11) is 0. The van der Waals surface area contributed by atoms with Crippen LogP contribution in [0, 0.1) is 0 Å². The van der Waals surface area contributed by atoms with Crippen LogP contribution in [0.2, 0.25) is 5.02 Å². The first-order chi connectivity index (χ1) is 7.70. The van der Waals surface area contributed by atoms with E-state index in [9.17, 15) is 4.79 Å². The topological polar surface area (TPSA) is 72.9 Å². The van der Waals surface area contributed by atoms with Gasteiger partial charge in [-0.05, 0) is 19.4 Å². The molecule has 1 heterocycles. The molecule has 0 aromatic carbocycles. The van der Waals surface area contributed by atoms with E-state index in [0.29, 0.717) is 25.3 Å². The van der Waals surface area contributed by atoms with Crippen molar-refractivity contribution < 1.29 is 0 Å². The van der Waals surface area contributed by atoms with Crippen molar-refractivity contribution in [2.24, 2.45) is 5.73 Å². The fourth-order valence-corrected chi connectivity index (χ4v) is 1.50. The Morgan fingerprint density at radius 1 is 1.62 bits per heavy atom. The summed E-state index contributed by atoms with van der Waals surface area (Å²) >= 11 is 5.95. The van der Waals surface area contributed by atoms with Crippen molar-refractivity contribution in [2.75, 3.05) is 18.4 Å². The van der Waals surface area contributed by atoms with E-state index in [4.69, 9.17) is 17.3 Å². The molecule has 0 spiro atoms. The molecule has 0 atom stereocenters. The third-order valence-corrected chi connectivity index (χ3v) is 2.48. The zero-order valence-corrected chi connectivity index (χ0v) is 10.1. The fraction of sp³-hybridized carbons (Fsp3) is 0.600. The number of hydrogen-bond donors (Lipinski definition) is 2. The molecule has 0 amide bonds. The van der Waals surface area contributed by atoms with E-state index >= 15 is 0 Å². The number of halogens is 1. The molecular weight excluding hydrogens is 228 g/mol. The smallest absolute Gasteiger partial charge is 0.287 e. The lowest BCUT2D eigenvalue weighted by Crippen LogP contribution is -2.24. The molecule has 90 valence electrons. The summed E-state index contributed by atoms with van der Waals surface area (Å²) in [5.41, 5.74) is 5.70. The number of aromatic nitrogens is 2. The minimum Gasteiger partial charge on any atom is -0.382 e. The van der Waals surface area contributed by atoms with Crippen LogP contribution in [0.25, 0.3) is 0 Å². The molecule has 0 bridgehead atoms. The maximum absolute atomic E-state index is 11.7. The molecule has 1 aromatic rings. The highest BCUT2D eigenvalue weighted by Crippen LogP contribution is 2.14. The molecule has 5 nitrogen and oxygen atoms in total. The highest BCUT2D eigenvalue weighted by Gasteiger charge is 2.07. The van der Waals surface area contributed by atoms with Gasteiger partial charge in [0.2, 0.25) is 0 Å². The van der Waals surface area contributed by atoms with Crippen LogP contribution in [0.5, 0.6) is 0 Å². The van der Waals surface area contributed by atoms with Gasteiger partial charge in [0.15, 0.2) is 0 Å². The predicted molar refractivity (Wildman–Crippen MR) is 66.0 cm³/mol. The molecule has 0 aliphatic rings. The average Bonchev–Trinajstić information content (AvgIpc) is 2.28. The Morgan fingerprint density at radius 3 is 3.00 bits per heavy atom. The van der Waals surface area contributed by atoms with Crippen molar-refractivity contribution in [3.05, 3.63) is 21.6 Å². The van der Waals surface area contributed by atoms with Gasteiger partial charge in [-0.1, -0.05) is 18.5 Å². The van der Waals surface area contributed by atoms with Crippen molar-refractivity contribution in [1.82, 2.24) is 9.78 Å². The Balaban J connectivity index is 2.81. The van der Waals surface area contributed by atoms with Crippen LogP contribution in [-0.4, -0.2) is 22.9 Å². The lowest BCUT2D eigenvalue weighted by Gasteiger charge is -2.09. The molecule has 16 heavy (non-hydrogen) atoms. The van der Waals surface area contributed by atoms with Gasteiger partial charge in [-0.25, -0.2) is 4.68 Å². The van der Waals surface area contributed by atoms with Crippen LogP contribution in [0.3, 0.4) is 0 Å². The van der Waals surface area contributed by atoms with Crippen molar-refractivity contribution in [3.8, 4) is 0 Å². The second-order valence-corrected chi connectivity index (χ2v) is 3.85. The number of nitrogens with two attached hydrogens (primary N) is 1. The highest BCUT2D eigenvalue weighted by molar-refractivity contribution is 6.32. The predicted octanol–water partition coefficient (Wildman–Crippen LogP) is 1.07. The monoisotopic (exact) mass is 244 g/mol. The second-order valence-electron chi connectivity index (χ2n) is 3.47. The van der Waals surface area contributed by atoms with Gasteiger partial charge in [-0.2, -0.15) is 5.10 Å². The van der Waals surface area contributed by atoms with Gasteiger partial charge in [-0.15, -0.1) is 0 Å². The van der Waals surface area contributed by atoms with Crippen LogP contribution >= 0.6 is 11.6 Å². The first-order valence-electron chi connectivity index (χ1n) is 5.40. The van der Waals surface area contributed by atoms with Gasteiger partial charge in [0.05, 0.1) is 11.9 Å². The Hall–Kier alpha value is -1.07. The number of aryl methyl sites for hydroxylation is 1. The SMILES string of the molecule is CCCn1ncc(NCCCN)c(Cl)c1=O. The van der Waals surface area contributed by atoms with E-state index in [0.717, 1.165) is 12.8 Å². The Morgan fingerprint density at radius 2 is 2.38 bits per heavy atom. The van der Waals surface area contributed by atoms with Gasteiger partial charge in [0.1, 0.15) is 5.02 Å². The van der Waals surface area contributed by atoms with Crippen molar-refractivity contribution in [1.29, 1.82) is 0 Å². The summed E-state index contributed by atoms with van der Waals surface area (Å²) in [6, 6.07) is 0. The van der Waals surface area contributed by atoms with Crippen LogP contribution in [0.1, 0.15) is 19.8 Å². The van der Waals surface area contributed by atoms with E-state index in [1.165, 1.54) is 4.68 Å². The normalized spacial score (nSPS) is 10.4. The first kappa shape index (κ1) is 13.0. The van der Waals surface area contributed by atoms with E-state index in [-0.39, 0.29) is 10.6 Å². The van der Waals surface area contributed by atoms with Crippen LogP contribution in [-0.2, 0) is 6.54 Å². The first-order valence-corrected chi connectivity index (χ1v) is 5.78. The van der Waals surface area contributed by atoms with Crippen LogP contribution in [0.15, 0.2) is 11.0 Å². The molecule has 0 saturated heterocycles. The van der Waals surface area contributed by atoms with E-state index in [2.05, 4.69) is 10.4 Å². The van der Waals surface area contributed by atoms with Gasteiger partial charge in [0, 0.05) is 13.1 Å². The number of nitrogens with zero attached hydrogens (tertiary/aromatic N) is 2. The number of hydrogen-bond acceptors (Lipinski definition) is 4. The lowest BCUT2D eigenvalue weighted by atomic mass is 10.4. The maximum atomic E-state index is 11.7. The molecule has 0 saturated carbocycles. The highest BCUT2D eigenvalue weighted by atomic mass is 35.5. The number of rotatable bonds is 6. The third kappa shape index (κ3) is 3.21. The average molecular weight is 245 g/mol. The Labute approximate surface area is 99.6 Å². The molecule has 0 unspecified atom stereocenters. The molecule has 6 heteroatoms. The minimum absolute atomic E-state index is 0.195. The zero-order chi connectivity index (χ0) is 12.0. The maximum Gasteiger partial charge on any atom is 0.287 e. The Kier molecular flexibility index (Phi) is 5.28. The summed E-state index contributed by atoms with van der Waals surface area (Å²) in [4.78, 5) is 11.7. The van der Waals surface area contributed by atoms with Crippen molar-refractivity contribution in [3.63, 3.8) is 0 Å². The standard InChI is InChI=1S/C10H17ClN4O/c1-2-6-15-10(16)9(11)8(7-14-15)13-5-3-4-12/h7,13H,2-6,12H2,1H3. The van der Waals surface area contributed by atoms with E-state index in [1.807, 2.05) is 6.92 Å². The van der Waals surface area contributed by atoms with Crippen molar-refractivity contribution >= 4 is 17.3 Å². The third-order valence-electron chi connectivity index (χ3n) is 2.12. The summed E-state index contributed by atoms with van der Waals surface area (Å²) < 4.78 is 1.37. The van der Waals surface area contributed by atoms with Gasteiger partial charge < -0.3 is 11.1 Å². The lowest BCUT2D eigenvalue weighted by molar-refractivity contribution is 0.568. The molecule has 0 fully saturated rings. The molecule has 1 aromatic heterocycles. The van der Waals surface area contributed by atoms with Gasteiger partial charge in [0.25, 0.3) is 5.56 Å². The minimum atomic E-state index is -0.249. The van der Waals surface area contributed by atoms with E-state index < -0.39 is 0 Å². The molecule has 3 N–H and O–H groups in total. The number of nitrogens with one attached hydrogen (secondary N) is 1. The quantitative estimate of drug-likeness (QED) is 0.735. The Bertz CT molecular complexity index is 391. The van der Waals surface area contributed by atoms with Gasteiger partial charge in [-0.3, -0.25) is 4.79 Å². The van der Waals surface area contributed by atoms with Crippen molar-refractivity contribution in [2.45, 2.75) is 26.3 Å². The summed E-state index contributed by atoms with van der Waals surface area (Å²) in [6.07, 6.45) is 3.26. The van der Waals surface area contributed by atoms with Crippen LogP contribution in [0.4, 0.5) is 5.69 Å². The molecule has 1 rings (SSSR count). The van der Waals surface area contributed by atoms with E-state index in [1.54, 1.807) is 6.20 Å². The molecular formula is C10H17ClN4O. The number of anilines is 1.